The molecular weight excluding hydrogens is 155 g/mol. The van der Waals surface area contributed by atoms with Gasteiger partial charge < -0.3 is 0 Å². The van der Waals surface area contributed by atoms with Crippen LogP contribution in [0, 0.1) is 0 Å². The zero-order valence-electron chi connectivity index (χ0n) is 4.03. The van der Waals surface area contributed by atoms with Gasteiger partial charge in [-0.2, -0.15) is 0 Å². The van der Waals surface area contributed by atoms with Crippen molar-refractivity contribution in [2.45, 2.75) is 23.9 Å². The Morgan fingerprint density at radius 3 is 2.50 bits per heavy atom. The summed E-state index contributed by atoms with van der Waals surface area (Å²) in [7, 11) is 0. The Hall–Kier alpha value is 0.683. The summed E-state index contributed by atoms with van der Waals surface area (Å²) in [5, 5.41) is 0. The maximum atomic E-state index is 9.86. The van der Waals surface area contributed by atoms with Crippen LogP contribution in [0.5, 0.6) is 0 Å². The normalized spacial score (nSPS) is 7.50. The van der Waals surface area contributed by atoms with Crippen LogP contribution in [0.25, 0.3) is 0 Å². The molecule has 6 heavy (non-hydrogen) atoms. The van der Waals surface area contributed by atoms with Gasteiger partial charge in [0.25, 0.3) is 0 Å². The standard InChI is InChI=1S/C4H9.O.Zr/c1-3-4-2;;/h1,3-4H2,2H3;;. The van der Waals surface area contributed by atoms with Crippen LogP contribution < -0.4 is 0 Å². The Kier molecular flexibility index (Phi) is 6.33. The van der Waals surface area contributed by atoms with Crippen molar-refractivity contribution < 1.29 is 26.1 Å². The quantitative estimate of drug-likeness (QED) is 0.580. The van der Waals surface area contributed by atoms with E-state index in [0.29, 0.717) is 0 Å². The topological polar surface area (TPSA) is 17.1 Å². The van der Waals surface area contributed by atoms with Crippen LogP contribution in [-0.2, 0) is 26.1 Å². The predicted octanol–water partition coefficient (Wildman–Crippen LogP) is 1.63. The summed E-state index contributed by atoms with van der Waals surface area (Å²) in [6.45, 7) is 2.12. The predicted molar refractivity (Wildman–Crippen MR) is 20.4 cm³/mol. The van der Waals surface area contributed by atoms with Gasteiger partial charge in [0.2, 0.25) is 0 Å². The van der Waals surface area contributed by atoms with Crippen molar-refractivity contribution in [3.8, 4) is 0 Å². The average molecular weight is 164 g/mol. The molecule has 1 nitrogen and oxygen atoms in total. The number of hydrogen-bond acceptors (Lipinski definition) is 1. The molecule has 0 amide bonds. The molecule has 0 aromatic heterocycles. The molecule has 0 aliphatic heterocycles. The Morgan fingerprint density at radius 2 is 2.33 bits per heavy atom. The van der Waals surface area contributed by atoms with Crippen molar-refractivity contribution >= 4 is 0 Å². The average Bonchev–Trinajstić information content (AvgIpc) is 1.61. The molecule has 0 aliphatic rings. The van der Waals surface area contributed by atoms with E-state index in [1.54, 1.807) is 0 Å². The fraction of sp³-hybridized carbons (Fsp3) is 1.00. The van der Waals surface area contributed by atoms with Crippen molar-refractivity contribution in [3.05, 3.63) is 0 Å². The molecule has 0 rings (SSSR count). The summed E-state index contributed by atoms with van der Waals surface area (Å²) in [5.74, 6) is 0. The van der Waals surface area contributed by atoms with Gasteiger partial charge in [-0.3, -0.25) is 0 Å². The van der Waals surface area contributed by atoms with E-state index in [1.807, 2.05) is 0 Å². The third-order valence-electron chi connectivity index (χ3n) is 0.632. The van der Waals surface area contributed by atoms with E-state index in [1.165, 1.54) is 12.8 Å². The zero-order chi connectivity index (χ0) is 4.83. The van der Waals surface area contributed by atoms with Crippen LogP contribution >= 0.6 is 0 Å². The molecule has 2 heteroatoms. The van der Waals surface area contributed by atoms with E-state index < -0.39 is 23.2 Å². The fourth-order valence-corrected chi connectivity index (χ4v) is 1.47. The van der Waals surface area contributed by atoms with E-state index in [-0.39, 0.29) is 0 Å². The molecule has 0 saturated heterocycles. The maximum absolute atomic E-state index is 9.86. The molecule has 35 valence electrons. The van der Waals surface area contributed by atoms with Crippen molar-refractivity contribution in [3.63, 3.8) is 0 Å². The van der Waals surface area contributed by atoms with E-state index >= 15 is 0 Å². The summed E-state index contributed by atoms with van der Waals surface area (Å²) in [4.78, 5) is 0. The molecule has 0 atom stereocenters. The van der Waals surface area contributed by atoms with Gasteiger partial charge in [-0.1, -0.05) is 0 Å². The molecule has 0 N–H and O–H groups in total. The van der Waals surface area contributed by atoms with E-state index in [2.05, 4.69) is 6.92 Å². The Bertz CT molecular complexity index is 36.5. The molecule has 0 bridgehead atoms. The SMILES string of the molecule is CCC[CH2][Zr]=[O]. The minimum absolute atomic E-state index is 1.03. The number of hydrogen-bond donors (Lipinski definition) is 0. The third-order valence-corrected chi connectivity index (χ3v) is 2.00. The van der Waals surface area contributed by atoms with Crippen molar-refractivity contribution in [1.82, 2.24) is 0 Å². The van der Waals surface area contributed by atoms with Gasteiger partial charge in [-0.15, -0.1) is 0 Å². The number of rotatable bonds is 3. The van der Waals surface area contributed by atoms with Crippen molar-refractivity contribution in [1.29, 1.82) is 0 Å². The molecule has 0 saturated carbocycles. The van der Waals surface area contributed by atoms with Crippen LogP contribution in [0.1, 0.15) is 19.8 Å². The van der Waals surface area contributed by atoms with Crippen molar-refractivity contribution in [2.24, 2.45) is 0 Å². The second-order valence-electron chi connectivity index (χ2n) is 1.25. The monoisotopic (exact) mass is 163 g/mol. The van der Waals surface area contributed by atoms with Crippen LogP contribution in [0.2, 0.25) is 4.13 Å². The van der Waals surface area contributed by atoms with Crippen LogP contribution in [0.15, 0.2) is 0 Å². The summed E-state index contributed by atoms with van der Waals surface area (Å²) >= 11 is -1.06. The van der Waals surface area contributed by atoms with Crippen molar-refractivity contribution in [2.75, 3.05) is 0 Å². The minimum atomic E-state index is -1.06. The summed E-state index contributed by atoms with van der Waals surface area (Å²) in [6, 6.07) is 0. The molecule has 0 aliphatic carbocycles. The molecule has 0 unspecified atom stereocenters. The second kappa shape index (κ2) is 5.68. The Labute approximate surface area is 50.1 Å². The molecule has 0 aromatic rings. The van der Waals surface area contributed by atoms with E-state index in [9.17, 15) is 2.81 Å². The van der Waals surface area contributed by atoms with Crippen LogP contribution in [0.4, 0.5) is 0 Å². The molecular formula is C4H9OZr. The van der Waals surface area contributed by atoms with Gasteiger partial charge in [0.05, 0.1) is 0 Å². The van der Waals surface area contributed by atoms with Crippen LogP contribution in [-0.4, -0.2) is 0 Å². The zero-order valence-corrected chi connectivity index (χ0v) is 6.49. The Morgan fingerprint density at radius 1 is 1.67 bits per heavy atom. The first-order valence-electron chi connectivity index (χ1n) is 2.26. The third kappa shape index (κ3) is 4.68. The summed E-state index contributed by atoms with van der Waals surface area (Å²) in [6.07, 6.45) is 2.37. The van der Waals surface area contributed by atoms with Crippen LogP contribution in [0.3, 0.4) is 0 Å². The molecule has 0 fully saturated rings. The summed E-state index contributed by atoms with van der Waals surface area (Å²) in [5.41, 5.74) is 0. The van der Waals surface area contributed by atoms with Gasteiger partial charge in [0.15, 0.2) is 0 Å². The molecule has 0 spiro atoms. The first-order chi connectivity index (χ1) is 2.91. The fourth-order valence-electron chi connectivity index (χ4n) is 0.249. The Balaban J connectivity index is 2.49. The van der Waals surface area contributed by atoms with E-state index in [0.717, 1.165) is 4.13 Å². The first-order valence-corrected chi connectivity index (χ1v) is 5.01. The first kappa shape index (κ1) is 6.68. The van der Waals surface area contributed by atoms with Gasteiger partial charge in [0, 0.05) is 0 Å². The molecule has 0 radical (unpaired) electrons. The van der Waals surface area contributed by atoms with Gasteiger partial charge in [-0.05, 0) is 0 Å². The molecule has 0 heterocycles. The van der Waals surface area contributed by atoms with Gasteiger partial charge in [-0.25, -0.2) is 0 Å². The molecule has 0 aromatic carbocycles. The van der Waals surface area contributed by atoms with E-state index in [4.69, 9.17) is 0 Å². The van der Waals surface area contributed by atoms with Gasteiger partial charge >= 0.3 is 49.9 Å². The van der Waals surface area contributed by atoms with Gasteiger partial charge in [0.1, 0.15) is 0 Å². The summed E-state index contributed by atoms with van der Waals surface area (Å²) < 4.78 is 10.9. The second-order valence-corrected chi connectivity index (χ2v) is 3.19. The number of unbranched alkanes of at least 4 members (excludes halogenated alkanes) is 1.